The lowest BCUT2D eigenvalue weighted by molar-refractivity contribution is 0.131. The summed E-state index contributed by atoms with van der Waals surface area (Å²) in [6.45, 7) is 2.59. The van der Waals surface area contributed by atoms with E-state index in [1.807, 2.05) is 30.3 Å². The van der Waals surface area contributed by atoms with Crippen LogP contribution in [0.3, 0.4) is 0 Å². The number of carbonyl (C=O) groups is 1. The number of carbonyl (C=O) groups excluding carboxylic acids is 1. The Morgan fingerprint density at radius 1 is 1.20 bits per heavy atom. The quantitative estimate of drug-likeness (QED) is 0.871. The molecule has 1 aromatic rings. The first-order chi connectivity index (χ1) is 9.78. The number of benzene rings is 1. The van der Waals surface area contributed by atoms with E-state index in [4.69, 9.17) is 4.74 Å². The molecule has 0 heterocycles. The highest BCUT2D eigenvalue weighted by Gasteiger charge is 2.22. The van der Waals surface area contributed by atoms with Crippen molar-refractivity contribution in [2.24, 2.45) is 5.92 Å². The lowest BCUT2D eigenvalue weighted by atomic mass is 9.83. The highest BCUT2D eigenvalue weighted by atomic mass is 16.5. The zero-order chi connectivity index (χ0) is 14.2. The molecule has 0 atom stereocenters. The summed E-state index contributed by atoms with van der Waals surface area (Å²) in [5.41, 5.74) is 1.02. The van der Waals surface area contributed by atoms with Gasteiger partial charge in [-0.1, -0.05) is 50.1 Å². The molecule has 20 heavy (non-hydrogen) atoms. The molecule has 1 saturated carbocycles. The van der Waals surface area contributed by atoms with Gasteiger partial charge in [-0.3, -0.25) is 0 Å². The van der Waals surface area contributed by atoms with E-state index < -0.39 is 0 Å². The monoisotopic (exact) mass is 275 g/mol. The van der Waals surface area contributed by atoms with Crippen molar-refractivity contribution in [1.82, 2.24) is 5.32 Å². The van der Waals surface area contributed by atoms with Crippen molar-refractivity contribution in [3.63, 3.8) is 0 Å². The summed E-state index contributed by atoms with van der Waals surface area (Å²) in [5, 5.41) is 2.99. The Labute approximate surface area is 121 Å². The molecule has 1 N–H and O–H groups in total. The summed E-state index contributed by atoms with van der Waals surface area (Å²) in [7, 11) is 0. The molecule has 0 saturated heterocycles. The number of hydrogen-bond acceptors (Lipinski definition) is 2. The first-order valence-corrected chi connectivity index (χ1v) is 7.75. The highest BCUT2D eigenvalue weighted by Crippen LogP contribution is 2.27. The van der Waals surface area contributed by atoms with Gasteiger partial charge < -0.3 is 10.1 Å². The van der Waals surface area contributed by atoms with Crippen LogP contribution in [0.2, 0.25) is 0 Å². The number of rotatable bonds is 5. The van der Waals surface area contributed by atoms with E-state index in [9.17, 15) is 4.79 Å². The fourth-order valence-electron chi connectivity index (χ4n) is 2.94. The number of amides is 1. The standard InChI is InChI=1S/C17H25NO2/c1-2-6-14-9-11-16(12-10-14)18-17(19)20-13-15-7-4-3-5-8-15/h3-5,7-8,14,16H,2,6,9-13H2,1H3,(H,18,19). The van der Waals surface area contributed by atoms with E-state index in [0.717, 1.165) is 24.3 Å². The van der Waals surface area contributed by atoms with Crippen LogP contribution in [0.25, 0.3) is 0 Å². The fraction of sp³-hybridized carbons (Fsp3) is 0.588. The van der Waals surface area contributed by atoms with Gasteiger partial charge in [0.25, 0.3) is 0 Å². The third-order valence-corrected chi connectivity index (χ3v) is 4.08. The smallest absolute Gasteiger partial charge is 0.407 e. The van der Waals surface area contributed by atoms with Crippen molar-refractivity contribution in [2.45, 2.75) is 58.1 Å². The van der Waals surface area contributed by atoms with Crippen molar-refractivity contribution in [1.29, 1.82) is 0 Å². The zero-order valence-corrected chi connectivity index (χ0v) is 12.3. The lowest BCUT2D eigenvalue weighted by Gasteiger charge is -2.28. The molecular weight excluding hydrogens is 250 g/mol. The van der Waals surface area contributed by atoms with Crippen LogP contribution in [0.15, 0.2) is 30.3 Å². The molecule has 3 nitrogen and oxygen atoms in total. The average molecular weight is 275 g/mol. The first kappa shape index (κ1) is 14.9. The van der Waals surface area contributed by atoms with Crippen LogP contribution in [0.1, 0.15) is 51.0 Å². The van der Waals surface area contributed by atoms with E-state index in [1.165, 1.54) is 25.7 Å². The Morgan fingerprint density at radius 2 is 1.90 bits per heavy atom. The maximum Gasteiger partial charge on any atom is 0.407 e. The van der Waals surface area contributed by atoms with Crippen LogP contribution < -0.4 is 5.32 Å². The Kier molecular flexibility index (Phi) is 5.90. The maximum absolute atomic E-state index is 11.8. The number of nitrogens with one attached hydrogen (secondary N) is 1. The molecule has 3 heteroatoms. The second-order valence-electron chi connectivity index (χ2n) is 5.71. The van der Waals surface area contributed by atoms with Gasteiger partial charge in [-0.15, -0.1) is 0 Å². The first-order valence-electron chi connectivity index (χ1n) is 7.75. The van der Waals surface area contributed by atoms with Crippen LogP contribution in [0.5, 0.6) is 0 Å². The number of ether oxygens (including phenoxy) is 1. The largest absolute Gasteiger partial charge is 0.445 e. The van der Waals surface area contributed by atoms with E-state index in [0.29, 0.717) is 12.6 Å². The zero-order valence-electron chi connectivity index (χ0n) is 12.3. The van der Waals surface area contributed by atoms with E-state index >= 15 is 0 Å². The molecule has 0 aromatic heterocycles. The molecule has 1 fully saturated rings. The summed E-state index contributed by atoms with van der Waals surface area (Å²) in [6.07, 6.45) is 6.95. The van der Waals surface area contributed by atoms with Crippen LogP contribution in [-0.2, 0) is 11.3 Å². The summed E-state index contributed by atoms with van der Waals surface area (Å²) in [5.74, 6) is 0.860. The fourth-order valence-corrected chi connectivity index (χ4v) is 2.94. The third-order valence-electron chi connectivity index (χ3n) is 4.08. The maximum atomic E-state index is 11.8. The van der Waals surface area contributed by atoms with Gasteiger partial charge >= 0.3 is 6.09 Å². The van der Waals surface area contributed by atoms with Crippen LogP contribution in [0.4, 0.5) is 4.79 Å². The predicted octanol–water partition coefficient (Wildman–Crippen LogP) is 4.27. The molecule has 0 unspecified atom stereocenters. The minimum atomic E-state index is -0.284. The van der Waals surface area contributed by atoms with E-state index in [2.05, 4.69) is 12.2 Å². The van der Waals surface area contributed by atoms with Gasteiger partial charge in [-0.2, -0.15) is 0 Å². The van der Waals surface area contributed by atoms with Gasteiger partial charge in [0.2, 0.25) is 0 Å². The molecule has 2 rings (SSSR count). The van der Waals surface area contributed by atoms with E-state index in [1.54, 1.807) is 0 Å². The Morgan fingerprint density at radius 3 is 2.55 bits per heavy atom. The molecule has 1 amide bonds. The van der Waals surface area contributed by atoms with Gasteiger partial charge in [0.15, 0.2) is 0 Å². The summed E-state index contributed by atoms with van der Waals surface area (Å²) in [4.78, 5) is 11.8. The molecule has 0 radical (unpaired) electrons. The molecule has 0 aliphatic heterocycles. The van der Waals surface area contributed by atoms with E-state index in [-0.39, 0.29) is 6.09 Å². The minimum Gasteiger partial charge on any atom is -0.445 e. The second-order valence-corrected chi connectivity index (χ2v) is 5.71. The molecule has 110 valence electrons. The van der Waals surface area contributed by atoms with Gasteiger partial charge in [-0.05, 0) is 37.2 Å². The second kappa shape index (κ2) is 7.93. The van der Waals surface area contributed by atoms with Gasteiger partial charge in [0.1, 0.15) is 6.61 Å². The Balaban J connectivity index is 1.65. The lowest BCUT2D eigenvalue weighted by Crippen LogP contribution is -2.37. The Hall–Kier alpha value is -1.51. The van der Waals surface area contributed by atoms with Gasteiger partial charge in [0, 0.05) is 6.04 Å². The molecular formula is C17H25NO2. The van der Waals surface area contributed by atoms with Crippen LogP contribution >= 0.6 is 0 Å². The van der Waals surface area contributed by atoms with Gasteiger partial charge in [-0.25, -0.2) is 4.79 Å². The molecule has 1 aliphatic rings. The normalized spacial score (nSPS) is 22.2. The average Bonchev–Trinajstić information content (AvgIpc) is 2.49. The van der Waals surface area contributed by atoms with Crippen molar-refractivity contribution in [2.75, 3.05) is 0 Å². The van der Waals surface area contributed by atoms with Crippen molar-refractivity contribution in [3.8, 4) is 0 Å². The highest BCUT2D eigenvalue weighted by molar-refractivity contribution is 5.67. The summed E-state index contributed by atoms with van der Waals surface area (Å²) in [6, 6.07) is 10.1. The molecule has 1 aromatic carbocycles. The van der Waals surface area contributed by atoms with Crippen molar-refractivity contribution < 1.29 is 9.53 Å². The topological polar surface area (TPSA) is 38.3 Å². The third kappa shape index (κ3) is 4.87. The molecule has 0 bridgehead atoms. The molecule has 1 aliphatic carbocycles. The van der Waals surface area contributed by atoms with Crippen molar-refractivity contribution in [3.05, 3.63) is 35.9 Å². The summed E-state index contributed by atoms with van der Waals surface area (Å²) < 4.78 is 5.26. The van der Waals surface area contributed by atoms with Crippen molar-refractivity contribution >= 4 is 6.09 Å². The number of hydrogen-bond donors (Lipinski definition) is 1. The Bertz CT molecular complexity index is 397. The minimum absolute atomic E-state index is 0.284. The van der Waals surface area contributed by atoms with Gasteiger partial charge in [0.05, 0.1) is 0 Å². The van der Waals surface area contributed by atoms with Crippen LogP contribution in [-0.4, -0.2) is 12.1 Å². The molecule has 0 spiro atoms. The van der Waals surface area contributed by atoms with Crippen LogP contribution in [0, 0.1) is 5.92 Å². The number of alkyl carbamates (subject to hydrolysis) is 1. The predicted molar refractivity (Wildman–Crippen MR) is 80.4 cm³/mol. The SMILES string of the molecule is CCCC1CCC(NC(=O)OCc2ccccc2)CC1. The summed E-state index contributed by atoms with van der Waals surface area (Å²) >= 11 is 0.